The lowest BCUT2D eigenvalue weighted by molar-refractivity contribution is -0.116. The number of fused-ring (bicyclic) bond motifs is 1. The van der Waals surface area contributed by atoms with Gasteiger partial charge in [0.05, 0.1) is 5.56 Å². The van der Waals surface area contributed by atoms with Crippen LogP contribution < -0.4 is 16.0 Å². The van der Waals surface area contributed by atoms with Crippen molar-refractivity contribution < 1.29 is 9.59 Å². The minimum Gasteiger partial charge on any atom is -0.384 e. The molecule has 0 aliphatic carbocycles. The van der Waals surface area contributed by atoms with Gasteiger partial charge in [-0.25, -0.2) is 4.98 Å². The molecular formula is C25H25N5O2. The quantitative estimate of drug-likeness (QED) is 0.638. The van der Waals surface area contributed by atoms with Gasteiger partial charge in [-0.05, 0) is 65.9 Å². The summed E-state index contributed by atoms with van der Waals surface area (Å²) < 4.78 is 0. The summed E-state index contributed by atoms with van der Waals surface area (Å²) in [6.07, 6.45) is 3.41. The number of carbonyl (C=O) groups is 2. The predicted octanol–water partition coefficient (Wildman–Crippen LogP) is 4.15. The van der Waals surface area contributed by atoms with Gasteiger partial charge in [-0.15, -0.1) is 0 Å². The number of hydrogen-bond acceptors (Lipinski definition) is 5. The molecule has 0 saturated carbocycles. The number of nitrogens with zero attached hydrogens (tertiary/aromatic N) is 3. The van der Waals surface area contributed by atoms with Crippen LogP contribution in [0.5, 0.6) is 0 Å². The summed E-state index contributed by atoms with van der Waals surface area (Å²) in [5, 5.41) is 11.1. The molecule has 7 nitrogen and oxygen atoms in total. The van der Waals surface area contributed by atoms with Crippen molar-refractivity contribution in [3.63, 3.8) is 0 Å². The number of rotatable bonds is 2. The Morgan fingerprint density at radius 1 is 1.09 bits per heavy atom. The number of anilines is 3. The van der Waals surface area contributed by atoms with Crippen LogP contribution in [0.3, 0.4) is 0 Å². The van der Waals surface area contributed by atoms with Gasteiger partial charge in [-0.2, -0.15) is 5.26 Å². The number of nitrogen functional groups attached to an aromatic ring is 1. The molecule has 0 bridgehead atoms. The van der Waals surface area contributed by atoms with Gasteiger partial charge in [0.25, 0.3) is 0 Å². The second-order valence-corrected chi connectivity index (χ2v) is 7.46. The smallest absolute Gasteiger partial charge is 0.223 e. The Morgan fingerprint density at radius 2 is 1.88 bits per heavy atom. The summed E-state index contributed by atoms with van der Waals surface area (Å²) in [4.78, 5) is 28.5. The lowest BCUT2D eigenvalue weighted by Gasteiger charge is -2.29. The lowest BCUT2D eigenvalue weighted by atomic mass is 9.96. The number of amides is 2. The summed E-state index contributed by atoms with van der Waals surface area (Å²) >= 11 is 0. The summed E-state index contributed by atoms with van der Waals surface area (Å²) in [6, 6.07) is 19.2. The van der Waals surface area contributed by atoms with Gasteiger partial charge in [-0.1, -0.05) is 18.2 Å². The van der Waals surface area contributed by atoms with Gasteiger partial charge in [-0.3, -0.25) is 9.59 Å². The van der Waals surface area contributed by atoms with E-state index in [9.17, 15) is 9.59 Å². The van der Waals surface area contributed by atoms with E-state index in [0.717, 1.165) is 41.9 Å². The topological polar surface area (TPSA) is 112 Å². The highest BCUT2D eigenvalue weighted by Crippen LogP contribution is 2.32. The Bertz CT molecular complexity index is 1170. The normalized spacial score (nSPS) is 12.0. The zero-order valence-electron chi connectivity index (χ0n) is 18.1. The average molecular weight is 428 g/mol. The van der Waals surface area contributed by atoms with Gasteiger partial charge in [0.1, 0.15) is 11.9 Å². The first kappa shape index (κ1) is 22.5. The van der Waals surface area contributed by atoms with Crippen LogP contribution in [0.25, 0.3) is 11.1 Å². The molecular weight excluding hydrogens is 402 g/mol. The fourth-order valence-corrected chi connectivity index (χ4v) is 3.55. The molecule has 0 unspecified atom stereocenters. The minimum absolute atomic E-state index is 0.0790. The molecule has 32 heavy (non-hydrogen) atoms. The van der Waals surface area contributed by atoms with Crippen molar-refractivity contribution >= 4 is 29.0 Å². The minimum atomic E-state index is -0.0790. The Kier molecular flexibility index (Phi) is 7.19. The third kappa shape index (κ3) is 5.70. The van der Waals surface area contributed by atoms with Crippen molar-refractivity contribution in [2.45, 2.75) is 26.7 Å². The molecule has 1 aromatic heterocycles. The molecule has 1 aliphatic heterocycles. The first-order valence-electron chi connectivity index (χ1n) is 10.3. The largest absolute Gasteiger partial charge is 0.384 e. The van der Waals surface area contributed by atoms with Gasteiger partial charge >= 0.3 is 0 Å². The van der Waals surface area contributed by atoms with Crippen LogP contribution in [0.1, 0.15) is 31.4 Å². The molecule has 162 valence electrons. The molecule has 0 spiro atoms. The monoisotopic (exact) mass is 427 g/mol. The molecule has 2 heterocycles. The van der Waals surface area contributed by atoms with Crippen molar-refractivity contribution in [3.05, 3.63) is 71.9 Å². The highest BCUT2D eigenvalue weighted by Gasteiger charge is 2.20. The van der Waals surface area contributed by atoms with Crippen LogP contribution in [0, 0.1) is 11.3 Å². The van der Waals surface area contributed by atoms with Crippen molar-refractivity contribution in [2.75, 3.05) is 22.5 Å². The number of aryl methyl sites for hydroxylation is 1. The summed E-state index contributed by atoms with van der Waals surface area (Å²) in [5.74, 6) is 0.449. The van der Waals surface area contributed by atoms with E-state index in [1.807, 2.05) is 47.4 Å². The van der Waals surface area contributed by atoms with Crippen molar-refractivity contribution in [1.29, 1.82) is 5.26 Å². The number of pyridine rings is 1. The molecule has 2 amide bonds. The molecule has 1 aliphatic rings. The SMILES string of the molecule is CC(=O)Nc1cccc(-c2ccc3c(c2)CCCN3C(C)=O)c1.N#Cc1ccc(N)nc1. The third-order valence-corrected chi connectivity index (χ3v) is 5.01. The molecule has 4 rings (SSSR count). The number of nitrogens with one attached hydrogen (secondary N) is 1. The lowest BCUT2D eigenvalue weighted by Crippen LogP contribution is -2.33. The third-order valence-electron chi connectivity index (χ3n) is 5.01. The Balaban J connectivity index is 0.000000269. The second-order valence-electron chi connectivity index (χ2n) is 7.46. The zero-order valence-corrected chi connectivity index (χ0v) is 18.1. The standard InChI is InChI=1S/C19H20N2O2.C6H5N3/c1-13(22)20-18-7-3-5-15(12-18)16-8-9-19-17(11-16)6-4-10-21(19)14(2)23;7-3-5-1-2-6(8)9-4-5/h3,5,7-9,11-12H,4,6,10H2,1-2H3,(H,20,22);1-2,4H,(H2,8,9). The summed E-state index contributed by atoms with van der Waals surface area (Å²) in [5.41, 5.74) is 11.0. The molecule has 3 aromatic rings. The van der Waals surface area contributed by atoms with Crippen molar-refractivity contribution in [2.24, 2.45) is 0 Å². The summed E-state index contributed by atoms with van der Waals surface area (Å²) in [6.45, 7) is 3.90. The van der Waals surface area contributed by atoms with Gasteiger partial charge in [0.15, 0.2) is 0 Å². The van der Waals surface area contributed by atoms with Crippen LogP contribution in [0.2, 0.25) is 0 Å². The van der Waals surface area contributed by atoms with E-state index >= 15 is 0 Å². The number of hydrogen-bond donors (Lipinski definition) is 2. The highest BCUT2D eigenvalue weighted by molar-refractivity contribution is 5.93. The molecule has 2 aromatic carbocycles. The van der Waals surface area contributed by atoms with Crippen LogP contribution in [-0.2, 0) is 16.0 Å². The predicted molar refractivity (Wildman–Crippen MR) is 126 cm³/mol. The molecule has 0 atom stereocenters. The van der Waals surface area contributed by atoms with Gasteiger partial charge < -0.3 is 16.0 Å². The van der Waals surface area contributed by atoms with Crippen molar-refractivity contribution in [1.82, 2.24) is 4.98 Å². The number of aromatic nitrogens is 1. The fraction of sp³-hybridized carbons (Fsp3) is 0.200. The first-order chi connectivity index (χ1) is 15.4. The molecule has 0 fully saturated rings. The number of nitrogens with two attached hydrogens (primary N) is 1. The first-order valence-corrected chi connectivity index (χ1v) is 10.3. The maximum atomic E-state index is 11.7. The van der Waals surface area contributed by atoms with E-state index in [-0.39, 0.29) is 11.8 Å². The van der Waals surface area contributed by atoms with Crippen LogP contribution in [0.15, 0.2) is 60.8 Å². The highest BCUT2D eigenvalue weighted by atomic mass is 16.2. The second kappa shape index (κ2) is 10.2. The fourth-order valence-electron chi connectivity index (χ4n) is 3.55. The Labute approximate surface area is 187 Å². The van der Waals surface area contributed by atoms with Crippen molar-refractivity contribution in [3.8, 4) is 17.2 Å². The van der Waals surface area contributed by atoms with E-state index in [4.69, 9.17) is 11.0 Å². The van der Waals surface area contributed by atoms with E-state index in [1.165, 1.54) is 18.7 Å². The maximum absolute atomic E-state index is 11.7. The van der Waals surface area contributed by atoms with E-state index in [1.54, 1.807) is 19.1 Å². The number of carbonyl (C=O) groups excluding carboxylic acids is 2. The van der Waals surface area contributed by atoms with Gasteiger partial charge in [0, 0.05) is 38.0 Å². The van der Waals surface area contributed by atoms with Gasteiger partial charge in [0.2, 0.25) is 11.8 Å². The molecule has 7 heteroatoms. The average Bonchev–Trinajstić information content (AvgIpc) is 2.79. The van der Waals surface area contributed by atoms with Crippen LogP contribution in [-0.4, -0.2) is 23.3 Å². The maximum Gasteiger partial charge on any atom is 0.223 e. The number of benzene rings is 2. The zero-order chi connectivity index (χ0) is 23.1. The Hall–Kier alpha value is -4.18. The Morgan fingerprint density at radius 3 is 2.53 bits per heavy atom. The van der Waals surface area contributed by atoms with E-state index in [0.29, 0.717) is 11.4 Å². The van der Waals surface area contributed by atoms with E-state index < -0.39 is 0 Å². The van der Waals surface area contributed by atoms with E-state index in [2.05, 4.69) is 16.4 Å². The molecule has 3 N–H and O–H groups in total. The van der Waals surface area contributed by atoms with Crippen LogP contribution in [0.4, 0.5) is 17.2 Å². The summed E-state index contributed by atoms with van der Waals surface area (Å²) in [7, 11) is 0. The molecule has 0 saturated heterocycles. The number of nitriles is 1. The van der Waals surface area contributed by atoms with Crippen LogP contribution >= 0.6 is 0 Å². The molecule has 0 radical (unpaired) electrons.